The van der Waals surface area contributed by atoms with Crippen LogP contribution in [0.1, 0.15) is 27.2 Å². The minimum atomic E-state index is -1.28. The van der Waals surface area contributed by atoms with Gasteiger partial charge in [-0.05, 0) is 33.2 Å². The highest BCUT2D eigenvalue weighted by atomic mass is 28.3. The number of rotatable bonds is 6. The van der Waals surface area contributed by atoms with E-state index in [-0.39, 0.29) is 12.6 Å². The molecule has 1 saturated heterocycles. The number of hydroxylamine groups is 1. The SMILES string of the molecule is CC(C)(C)OC(=O)N1CCC(N)C(N(N=C=O)OCC[Si](C)(C)C)C1. The Hall–Kier alpha value is -1.41. The fourth-order valence-electron chi connectivity index (χ4n) is 2.36. The maximum atomic E-state index is 12.3. The topological polar surface area (TPSA) is 97.5 Å². The summed E-state index contributed by atoms with van der Waals surface area (Å²) in [7, 11) is -1.28. The fraction of sp³-hybridized carbons (Fsp3) is 0.875. The third-order valence-corrected chi connectivity index (χ3v) is 5.49. The van der Waals surface area contributed by atoms with Crippen molar-refractivity contribution in [1.82, 2.24) is 10.1 Å². The van der Waals surface area contributed by atoms with E-state index in [1.165, 1.54) is 11.3 Å². The highest BCUT2D eigenvalue weighted by Gasteiger charge is 2.36. The number of isocyanates is 1. The first-order valence-electron chi connectivity index (χ1n) is 8.66. The van der Waals surface area contributed by atoms with Crippen LogP contribution in [-0.4, -0.2) is 67.7 Å². The van der Waals surface area contributed by atoms with Crippen LogP contribution in [0.25, 0.3) is 0 Å². The molecule has 1 heterocycles. The van der Waals surface area contributed by atoms with Crippen molar-refractivity contribution in [3.8, 4) is 0 Å². The molecular weight excluding hydrogens is 340 g/mol. The van der Waals surface area contributed by atoms with E-state index in [0.717, 1.165) is 6.04 Å². The standard InChI is InChI=1S/C16H32N4O4Si/c1-16(2,3)24-15(22)19-8-7-13(17)14(11-19)20(18-12-21)23-9-10-25(4,5)6/h13-14H,7-11,17H2,1-6H3. The zero-order valence-corrected chi connectivity index (χ0v) is 17.2. The maximum absolute atomic E-state index is 12.3. The van der Waals surface area contributed by atoms with Crippen molar-refractivity contribution in [3.05, 3.63) is 0 Å². The average Bonchev–Trinajstić information content (AvgIpc) is 2.44. The number of nitrogens with two attached hydrogens (primary N) is 1. The number of ether oxygens (including phenoxy) is 1. The molecule has 25 heavy (non-hydrogen) atoms. The summed E-state index contributed by atoms with van der Waals surface area (Å²) in [6.45, 7) is 13.4. The molecule has 8 nitrogen and oxygen atoms in total. The molecule has 0 bridgehead atoms. The van der Waals surface area contributed by atoms with E-state index < -0.39 is 25.8 Å². The summed E-state index contributed by atoms with van der Waals surface area (Å²) in [6, 6.07) is 0.252. The summed E-state index contributed by atoms with van der Waals surface area (Å²) in [5.41, 5.74) is 5.61. The van der Waals surface area contributed by atoms with E-state index in [0.29, 0.717) is 19.6 Å². The van der Waals surface area contributed by atoms with Gasteiger partial charge in [0.1, 0.15) is 11.6 Å². The van der Waals surface area contributed by atoms with Gasteiger partial charge in [0.15, 0.2) is 0 Å². The van der Waals surface area contributed by atoms with Gasteiger partial charge < -0.3 is 15.4 Å². The molecule has 0 aromatic carbocycles. The molecular formula is C16H32N4O4Si. The normalized spacial score (nSPS) is 21.5. The van der Waals surface area contributed by atoms with Crippen LogP contribution in [0.15, 0.2) is 5.10 Å². The van der Waals surface area contributed by atoms with Crippen molar-refractivity contribution < 1.29 is 19.2 Å². The summed E-state index contributed by atoms with van der Waals surface area (Å²) >= 11 is 0. The summed E-state index contributed by atoms with van der Waals surface area (Å²) < 4.78 is 5.41. The molecule has 2 N–H and O–H groups in total. The van der Waals surface area contributed by atoms with E-state index in [2.05, 4.69) is 24.7 Å². The highest BCUT2D eigenvalue weighted by molar-refractivity contribution is 6.76. The quantitative estimate of drug-likeness (QED) is 0.332. The lowest BCUT2D eigenvalue weighted by Gasteiger charge is -2.40. The third kappa shape index (κ3) is 8.00. The van der Waals surface area contributed by atoms with Crippen LogP contribution in [0.3, 0.4) is 0 Å². The van der Waals surface area contributed by atoms with Crippen molar-refractivity contribution in [2.75, 3.05) is 19.7 Å². The molecule has 0 aliphatic carbocycles. The highest BCUT2D eigenvalue weighted by Crippen LogP contribution is 2.20. The van der Waals surface area contributed by atoms with Gasteiger partial charge in [-0.15, -0.1) is 0 Å². The van der Waals surface area contributed by atoms with Gasteiger partial charge in [0.25, 0.3) is 6.08 Å². The molecule has 1 aliphatic heterocycles. The van der Waals surface area contributed by atoms with Crippen molar-refractivity contribution in [1.29, 1.82) is 0 Å². The lowest BCUT2D eigenvalue weighted by atomic mass is 10.0. The van der Waals surface area contributed by atoms with Crippen molar-refractivity contribution in [2.24, 2.45) is 10.8 Å². The van der Waals surface area contributed by atoms with Gasteiger partial charge in [0, 0.05) is 20.7 Å². The van der Waals surface area contributed by atoms with E-state index >= 15 is 0 Å². The minimum Gasteiger partial charge on any atom is -0.444 e. The van der Waals surface area contributed by atoms with Gasteiger partial charge in [-0.25, -0.2) is 9.59 Å². The van der Waals surface area contributed by atoms with Crippen LogP contribution >= 0.6 is 0 Å². The van der Waals surface area contributed by atoms with Crippen LogP contribution in [0.5, 0.6) is 0 Å². The first kappa shape index (κ1) is 21.6. The summed E-state index contributed by atoms with van der Waals surface area (Å²) in [5.74, 6) is 0. The second kappa shape index (κ2) is 8.80. The van der Waals surface area contributed by atoms with Gasteiger partial charge >= 0.3 is 6.09 Å². The predicted molar refractivity (Wildman–Crippen MR) is 98.3 cm³/mol. The molecule has 9 heteroatoms. The molecule has 144 valence electrons. The Kier molecular flexibility index (Phi) is 7.61. The first-order chi connectivity index (χ1) is 11.4. The van der Waals surface area contributed by atoms with Crippen molar-refractivity contribution >= 4 is 20.2 Å². The van der Waals surface area contributed by atoms with Gasteiger partial charge in [-0.1, -0.05) is 24.7 Å². The first-order valence-corrected chi connectivity index (χ1v) is 12.4. The molecule has 2 atom stereocenters. The van der Waals surface area contributed by atoms with Crippen molar-refractivity contribution in [3.63, 3.8) is 0 Å². The summed E-state index contributed by atoms with van der Waals surface area (Å²) in [6.07, 6.45) is 1.69. The summed E-state index contributed by atoms with van der Waals surface area (Å²) in [4.78, 5) is 30.3. The summed E-state index contributed by atoms with van der Waals surface area (Å²) in [5, 5.41) is 4.86. The van der Waals surface area contributed by atoms with Crippen LogP contribution < -0.4 is 5.73 Å². The number of likely N-dealkylation sites (tertiary alicyclic amines) is 1. The maximum Gasteiger partial charge on any atom is 0.410 e. The smallest absolute Gasteiger partial charge is 0.410 e. The minimum absolute atomic E-state index is 0.261. The molecule has 1 rings (SSSR count). The zero-order chi connectivity index (χ0) is 19.3. The lowest BCUT2D eigenvalue weighted by molar-refractivity contribution is -0.194. The van der Waals surface area contributed by atoms with E-state index in [4.69, 9.17) is 15.3 Å². The Labute approximate surface area is 151 Å². The number of nitrogens with zero attached hydrogens (tertiary/aromatic N) is 3. The van der Waals surface area contributed by atoms with Crippen molar-refractivity contribution in [2.45, 2.75) is 70.6 Å². The van der Waals surface area contributed by atoms with Gasteiger partial charge in [0.05, 0.1) is 13.2 Å². The number of amides is 1. The number of hydrogen-bond donors (Lipinski definition) is 1. The number of hydrazone groups is 1. The Bertz CT molecular complexity index is 497. The molecule has 1 aliphatic rings. The molecule has 1 fully saturated rings. The Morgan fingerprint density at radius 2 is 2.04 bits per heavy atom. The van der Waals surface area contributed by atoms with Gasteiger partial charge in [-0.2, -0.15) is 5.17 Å². The molecule has 2 unspecified atom stereocenters. The molecule has 0 aromatic heterocycles. The van der Waals surface area contributed by atoms with Crippen LogP contribution in [0.2, 0.25) is 25.7 Å². The van der Waals surface area contributed by atoms with Gasteiger partial charge in [-0.3, -0.25) is 4.84 Å². The average molecular weight is 373 g/mol. The molecule has 0 spiro atoms. The predicted octanol–water partition coefficient (Wildman–Crippen LogP) is 2.15. The number of hydrogen-bond acceptors (Lipinski definition) is 7. The molecule has 0 saturated carbocycles. The Morgan fingerprint density at radius 3 is 2.56 bits per heavy atom. The third-order valence-electron chi connectivity index (χ3n) is 3.78. The number of carbonyl (C=O) groups excluding carboxylic acids is 2. The lowest BCUT2D eigenvalue weighted by Crippen LogP contribution is -2.58. The monoisotopic (exact) mass is 372 g/mol. The number of piperidine rings is 1. The molecule has 0 radical (unpaired) electrons. The Morgan fingerprint density at radius 1 is 1.40 bits per heavy atom. The second-order valence-corrected chi connectivity index (χ2v) is 14.2. The fourth-order valence-corrected chi connectivity index (χ4v) is 3.06. The largest absolute Gasteiger partial charge is 0.444 e. The van der Waals surface area contributed by atoms with E-state index in [9.17, 15) is 9.59 Å². The number of carbonyl (C=O) groups is 1. The zero-order valence-electron chi connectivity index (χ0n) is 16.2. The van der Waals surface area contributed by atoms with Crippen LogP contribution in [0, 0.1) is 0 Å². The van der Waals surface area contributed by atoms with Crippen LogP contribution in [-0.2, 0) is 14.4 Å². The second-order valence-electron chi connectivity index (χ2n) is 8.58. The van der Waals surface area contributed by atoms with E-state index in [1.54, 1.807) is 4.90 Å². The Balaban J connectivity index is 2.75. The van der Waals surface area contributed by atoms with E-state index in [1.807, 2.05) is 20.8 Å². The molecule has 1 amide bonds. The molecule has 0 aromatic rings. The van der Waals surface area contributed by atoms with Gasteiger partial charge in [0.2, 0.25) is 0 Å². The van der Waals surface area contributed by atoms with Crippen LogP contribution in [0.4, 0.5) is 4.79 Å².